The molecule has 1 amide bonds. The molecule has 1 aliphatic rings. The Hall–Kier alpha value is -3.34. The third kappa shape index (κ3) is 4.40. The van der Waals surface area contributed by atoms with E-state index in [1.54, 1.807) is 18.3 Å². The van der Waals surface area contributed by atoms with Crippen LogP contribution in [0.15, 0.2) is 60.8 Å². The molecule has 2 heterocycles. The van der Waals surface area contributed by atoms with Crippen molar-refractivity contribution in [2.75, 3.05) is 18.5 Å². The van der Waals surface area contributed by atoms with E-state index in [2.05, 4.69) is 36.3 Å². The lowest BCUT2D eigenvalue weighted by atomic mass is 9.99. The van der Waals surface area contributed by atoms with Crippen LogP contribution in [0.3, 0.4) is 0 Å². The number of fused-ring (bicyclic) bond motifs is 1. The van der Waals surface area contributed by atoms with E-state index < -0.39 is 0 Å². The first-order valence-electron chi connectivity index (χ1n) is 9.87. The van der Waals surface area contributed by atoms with Crippen LogP contribution in [0.1, 0.15) is 42.1 Å². The third-order valence-corrected chi connectivity index (χ3v) is 4.88. The first kappa shape index (κ1) is 19.0. The summed E-state index contributed by atoms with van der Waals surface area (Å²) in [4.78, 5) is 17.1. The van der Waals surface area contributed by atoms with Crippen molar-refractivity contribution in [3.63, 3.8) is 0 Å². The summed E-state index contributed by atoms with van der Waals surface area (Å²) in [5, 5.41) is 2.90. The van der Waals surface area contributed by atoms with E-state index in [9.17, 15) is 4.79 Å². The molecule has 1 aromatic heterocycles. The lowest BCUT2D eigenvalue weighted by Crippen LogP contribution is -2.12. The van der Waals surface area contributed by atoms with Crippen molar-refractivity contribution in [2.45, 2.75) is 26.2 Å². The summed E-state index contributed by atoms with van der Waals surface area (Å²) in [5.74, 6) is 1.60. The molecule has 0 radical (unpaired) electrons. The minimum atomic E-state index is -0.213. The molecule has 0 spiro atoms. The number of nitrogens with zero attached hydrogens (tertiary/aromatic N) is 1. The second-order valence-electron chi connectivity index (χ2n) is 7.38. The fraction of sp³-hybridized carbons (Fsp3) is 0.250. The predicted octanol–water partition coefficient (Wildman–Crippen LogP) is 5.29. The Morgan fingerprint density at radius 2 is 1.83 bits per heavy atom. The molecule has 1 aliphatic heterocycles. The predicted molar refractivity (Wildman–Crippen MR) is 114 cm³/mol. The molecule has 5 heteroatoms. The maximum absolute atomic E-state index is 12.6. The minimum absolute atomic E-state index is 0.213. The molecule has 0 aliphatic carbocycles. The van der Waals surface area contributed by atoms with Gasteiger partial charge < -0.3 is 14.8 Å². The van der Waals surface area contributed by atoms with Gasteiger partial charge in [0.25, 0.3) is 5.91 Å². The van der Waals surface area contributed by atoms with E-state index >= 15 is 0 Å². The van der Waals surface area contributed by atoms with Gasteiger partial charge in [0.1, 0.15) is 0 Å². The van der Waals surface area contributed by atoms with Crippen LogP contribution < -0.4 is 14.8 Å². The Morgan fingerprint density at radius 3 is 2.59 bits per heavy atom. The van der Waals surface area contributed by atoms with Gasteiger partial charge in [-0.15, -0.1) is 0 Å². The molecule has 0 atom stereocenters. The Balaban J connectivity index is 1.49. The Kier molecular flexibility index (Phi) is 5.47. The summed E-state index contributed by atoms with van der Waals surface area (Å²) >= 11 is 0. The molecule has 0 saturated heterocycles. The van der Waals surface area contributed by atoms with Gasteiger partial charge in [-0.2, -0.15) is 0 Å². The number of rotatable bonds is 4. The quantitative estimate of drug-likeness (QED) is 0.660. The number of benzene rings is 2. The SMILES string of the molecule is CC(C)c1cccc(-c2ccc(C(=O)Nc3ccc4c(c3)OCCCO4)cn2)c1. The second kappa shape index (κ2) is 8.35. The molecule has 2 aromatic carbocycles. The standard InChI is InChI=1S/C24H24N2O3/c1-16(2)17-5-3-6-18(13-17)21-9-7-19(15-25-21)24(27)26-20-8-10-22-23(14-20)29-12-4-11-28-22/h3,5-10,13-16H,4,11-12H2,1-2H3,(H,26,27). The van der Waals surface area contributed by atoms with Gasteiger partial charge >= 0.3 is 0 Å². The molecule has 148 valence electrons. The van der Waals surface area contributed by atoms with Crippen LogP contribution in [0.25, 0.3) is 11.3 Å². The van der Waals surface area contributed by atoms with Gasteiger partial charge in [-0.05, 0) is 41.8 Å². The van der Waals surface area contributed by atoms with Gasteiger partial charge in [-0.25, -0.2) is 0 Å². The van der Waals surface area contributed by atoms with E-state index in [0.717, 1.165) is 17.7 Å². The summed E-state index contributed by atoms with van der Waals surface area (Å²) < 4.78 is 11.3. The highest BCUT2D eigenvalue weighted by Crippen LogP contribution is 2.32. The number of anilines is 1. The first-order chi connectivity index (χ1) is 14.1. The molecule has 0 saturated carbocycles. The van der Waals surface area contributed by atoms with Crippen molar-refractivity contribution < 1.29 is 14.3 Å². The first-order valence-corrected chi connectivity index (χ1v) is 9.87. The normalized spacial score (nSPS) is 13.1. The van der Waals surface area contributed by atoms with Crippen LogP contribution in [0.5, 0.6) is 11.5 Å². The molecule has 0 unspecified atom stereocenters. The molecule has 1 N–H and O–H groups in total. The van der Waals surface area contributed by atoms with Gasteiger partial charge in [-0.3, -0.25) is 9.78 Å². The maximum atomic E-state index is 12.6. The fourth-order valence-corrected chi connectivity index (χ4v) is 3.20. The van der Waals surface area contributed by atoms with Gasteiger partial charge in [-0.1, -0.05) is 32.0 Å². The van der Waals surface area contributed by atoms with Gasteiger partial charge in [0, 0.05) is 29.9 Å². The lowest BCUT2D eigenvalue weighted by molar-refractivity contribution is 0.102. The molecule has 4 rings (SSSR count). The van der Waals surface area contributed by atoms with Gasteiger partial charge in [0.2, 0.25) is 0 Å². The van der Waals surface area contributed by atoms with Crippen molar-refractivity contribution >= 4 is 11.6 Å². The fourth-order valence-electron chi connectivity index (χ4n) is 3.20. The van der Waals surface area contributed by atoms with E-state index in [1.165, 1.54) is 5.56 Å². The maximum Gasteiger partial charge on any atom is 0.257 e. The molecule has 5 nitrogen and oxygen atoms in total. The summed E-state index contributed by atoms with van der Waals surface area (Å²) in [5.41, 5.74) is 4.32. The molecule has 0 fully saturated rings. The average Bonchev–Trinajstić information content (AvgIpc) is 2.99. The molecular formula is C24H24N2O3. The molecule has 3 aromatic rings. The number of carbonyl (C=O) groups excluding carboxylic acids is 1. The highest BCUT2D eigenvalue weighted by atomic mass is 16.5. The topological polar surface area (TPSA) is 60.5 Å². The summed E-state index contributed by atoms with van der Waals surface area (Å²) in [6.07, 6.45) is 2.45. The lowest BCUT2D eigenvalue weighted by Gasteiger charge is -2.11. The zero-order valence-corrected chi connectivity index (χ0v) is 16.6. The van der Waals surface area contributed by atoms with Crippen LogP contribution in [0, 0.1) is 0 Å². The van der Waals surface area contributed by atoms with E-state index in [-0.39, 0.29) is 5.91 Å². The number of carbonyl (C=O) groups is 1. The zero-order valence-electron chi connectivity index (χ0n) is 16.6. The Morgan fingerprint density at radius 1 is 1.00 bits per heavy atom. The third-order valence-electron chi connectivity index (χ3n) is 4.88. The highest BCUT2D eigenvalue weighted by Gasteiger charge is 2.13. The summed E-state index contributed by atoms with van der Waals surface area (Å²) in [6.45, 7) is 5.57. The smallest absolute Gasteiger partial charge is 0.257 e. The number of aromatic nitrogens is 1. The van der Waals surface area contributed by atoms with Crippen molar-refractivity contribution in [3.8, 4) is 22.8 Å². The number of pyridine rings is 1. The van der Waals surface area contributed by atoms with Crippen LogP contribution in [-0.2, 0) is 0 Å². The Bertz CT molecular complexity index is 1010. The van der Waals surface area contributed by atoms with Crippen LogP contribution >= 0.6 is 0 Å². The number of ether oxygens (including phenoxy) is 2. The largest absolute Gasteiger partial charge is 0.490 e. The minimum Gasteiger partial charge on any atom is -0.490 e. The van der Waals surface area contributed by atoms with Crippen molar-refractivity contribution in [1.29, 1.82) is 0 Å². The molecule has 0 bridgehead atoms. The van der Waals surface area contributed by atoms with Gasteiger partial charge in [0.15, 0.2) is 11.5 Å². The van der Waals surface area contributed by atoms with Crippen molar-refractivity contribution in [3.05, 3.63) is 71.9 Å². The monoisotopic (exact) mass is 388 g/mol. The zero-order chi connectivity index (χ0) is 20.2. The van der Waals surface area contributed by atoms with E-state index in [0.29, 0.717) is 41.9 Å². The van der Waals surface area contributed by atoms with E-state index in [4.69, 9.17) is 9.47 Å². The summed E-state index contributed by atoms with van der Waals surface area (Å²) in [6, 6.07) is 17.4. The van der Waals surface area contributed by atoms with Crippen LogP contribution in [0.4, 0.5) is 5.69 Å². The highest BCUT2D eigenvalue weighted by molar-refractivity contribution is 6.04. The number of hydrogen-bond donors (Lipinski definition) is 1. The van der Waals surface area contributed by atoms with Crippen molar-refractivity contribution in [1.82, 2.24) is 4.98 Å². The van der Waals surface area contributed by atoms with Crippen LogP contribution in [-0.4, -0.2) is 24.1 Å². The number of nitrogens with one attached hydrogen (secondary N) is 1. The molecular weight excluding hydrogens is 364 g/mol. The Labute approximate surface area is 170 Å². The summed E-state index contributed by atoms with van der Waals surface area (Å²) in [7, 11) is 0. The van der Waals surface area contributed by atoms with Crippen LogP contribution in [0.2, 0.25) is 0 Å². The van der Waals surface area contributed by atoms with E-state index in [1.807, 2.05) is 30.3 Å². The second-order valence-corrected chi connectivity index (χ2v) is 7.38. The van der Waals surface area contributed by atoms with Crippen molar-refractivity contribution in [2.24, 2.45) is 0 Å². The average molecular weight is 388 g/mol. The number of amides is 1. The van der Waals surface area contributed by atoms with Gasteiger partial charge in [0.05, 0.1) is 24.5 Å². The number of hydrogen-bond acceptors (Lipinski definition) is 4. The molecule has 29 heavy (non-hydrogen) atoms.